The van der Waals surface area contributed by atoms with E-state index in [9.17, 15) is 0 Å². The average molecular weight is 167 g/mol. The largest absolute Gasteiger partial charge is 0.496 e. The summed E-state index contributed by atoms with van der Waals surface area (Å²) in [7, 11) is 1.50. The van der Waals surface area contributed by atoms with Crippen molar-refractivity contribution in [2.24, 2.45) is 0 Å². The molecule has 1 aromatic rings. The molecule has 0 fully saturated rings. The number of hydrogen-bond acceptors (Lipinski definition) is 2. The van der Waals surface area contributed by atoms with Crippen LogP contribution in [0.15, 0.2) is 12.1 Å². The highest BCUT2D eigenvalue weighted by Crippen LogP contribution is 2.18. The van der Waals surface area contributed by atoms with Gasteiger partial charge in [-0.15, -0.1) is 0 Å². The first kappa shape index (κ1) is 7.90. The summed E-state index contributed by atoms with van der Waals surface area (Å²) in [5, 5.41) is 8.97. The first-order valence-corrected chi connectivity index (χ1v) is 3.31. The molecule has 1 rings (SSSR count). The molecule has 0 spiro atoms. The number of halogens is 1. The fourth-order valence-corrected chi connectivity index (χ4v) is 0.888. The first-order chi connectivity index (χ1) is 5.26. The Kier molecular flexibility index (Phi) is 2.35. The maximum atomic E-state index is 8.49. The third-order valence-electron chi connectivity index (χ3n) is 1.15. The van der Waals surface area contributed by atoms with Crippen LogP contribution in [0.4, 0.5) is 0 Å². The van der Waals surface area contributed by atoms with Gasteiger partial charge in [0.15, 0.2) is 0 Å². The lowest BCUT2D eigenvalue weighted by Crippen LogP contribution is -1.84. The molecule has 0 unspecified atom stereocenters. The summed E-state index contributed by atoms with van der Waals surface area (Å²) in [6.07, 6.45) is 0. The quantitative estimate of drug-likeness (QED) is 0.640. The molecular weight excluding hydrogens is 162 g/mol. The van der Waals surface area contributed by atoms with Crippen molar-refractivity contribution in [3.63, 3.8) is 0 Å². The van der Waals surface area contributed by atoms with Crippen LogP contribution < -0.4 is 4.74 Å². The molecule has 0 aliphatic carbocycles. The Bertz CT molecular complexity index is 303. The molecule has 0 aliphatic heterocycles. The van der Waals surface area contributed by atoms with Crippen LogP contribution in [0.1, 0.15) is 5.56 Å². The van der Waals surface area contributed by atoms with E-state index in [1.807, 2.05) is 6.07 Å². The average Bonchev–Trinajstić information content (AvgIpc) is 2.03. The number of methoxy groups -OCH3 is 1. The van der Waals surface area contributed by atoms with Gasteiger partial charge in [0, 0.05) is 11.1 Å². The monoisotopic (exact) mass is 166 g/mol. The number of nitriles is 1. The zero-order chi connectivity index (χ0) is 8.27. The lowest BCUT2D eigenvalue weighted by molar-refractivity contribution is 0.414. The van der Waals surface area contributed by atoms with E-state index in [0.29, 0.717) is 16.3 Å². The molecule has 0 atom stereocenters. The summed E-state index contributed by atoms with van der Waals surface area (Å²) in [5.74, 6) is 0.481. The van der Waals surface area contributed by atoms with Crippen LogP contribution in [0.2, 0.25) is 5.02 Å². The lowest BCUT2D eigenvalue weighted by atomic mass is 10.2. The fourth-order valence-electron chi connectivity index (χ4n) is 0.680. The van der Waals surface area contributed by atoms with Crippen molar-refractivity contribution in [1.82, 2.24) is 0 Å². The Morgan fingerprint density at radius 3 is 2.91 bits per heavy atom. The smallest absolute Gasteiger partial charge is 0.129 e. The molecule has 1 radical (unpaired) electrons. The van der Waals surface area contributed by atoms with Gasteiger partial charge >= 0.3 is 0 Å². The van der Waals surface area contributed by atoms with E-state index in [1.165, 1.54) is 13.2 Å². The van der Waals surface area contributed by atoms with Crippen LogP contribution in [0.5, 0.6) is 5.75 Å². The number of rotatable bonds is 1. The molecule has 0 bridgehead atoms. The fraction of sp³-hybridized carbons (Fsp3) is 0.125. The minimum absolute atomic E-state index is 0.384. The summed E-state index contributed by atoms with van der Waals surface area (Å²) in [6, 6.07) is 7.77. The van der Waals surface area contributed by atoms with E-state index >= 15 is 0 Å². The van der Waals surface area contributed by atoms with Crippen LogP contribution in [0.3, 0.4) is 0 Å². The minimum atomic E-state index is 0.384. The molecule has 0 aliphatic rings. The van der Waals surface area contributed by atoms with Crippen molar-refractivity contribution in [1.29, 1.82) is 5.26 Å². The van der Waals surface area contributed by atoms with Gasteiger partial charge in [-0.2, -0.15) is 5.26 Å². The van der Waals surface area contributed by atoms with E-state index in [-0.39, 0.29) is 0 Å². The van der Waals surface area contributed by atoms with Gasteiger partial charge in [0.25, 0.3) is 0 Å². The van der Waals surface area contributed by atoms with Gasteiger partial charge in [0.1, 0.15) is 5.75 Å². The number of nitrogens with zero attached hydrogens (tertiary/aromatic N) is 1. The predicted molar refractivity (Wildman–Crippen MR) is 41.6 cm³/mol. The molecular formula is C8H5ClNO. The van der Waals surface area contributed by atoms with Crippen LogP contribution in [-0.2, 0) is 0 Å². The number of hydrogen-bond donors (Lipinski definition) is 0. The second kappa shape index (κ2) is 3.27. The first-order valence-electron chi connectivity index (χ1n) is 2.93. The molecule has 1 aromatic carbocycles. The molecule has 0 N–H and O–H groups in total. The summed E-state index contributed by atoms with van der Waals surface area (Å²) < 4.78 is 4.85. The standard InChI is InChI=1S/C8H5ClNO/c1-11-8-3-6(5-10)2-7(9)4-8/h2,4H,1H3. The predicted octanol–water partition coefficient (Wildman–Crippen LogP) is 2.02. The van der Waals surface area contributed by atoms with Crippen molar-refractivity contribution in [3.05, 3.63) is 28.8 Å². The minimum Gasteiger partial charge on any atom is -0.496 e. The van der Waals surface area contributed by atoms with E-state index in [2.05, 4.69) is 6.07 Å². The summed E-state index contributed by atoms with van der Waals surface area (Å²) in [5.41, 5.74) is 0.384. The van der Waals surface area contributed by atoms with Crippen LogP contribution >= 0.6 is 11.6 Å². The molecule has 0 saturated carbocycles. The van der Waals surface area contributed by atoms with Gasteiger partial charge < -0.3 is 4.74 Å². The SMILES string of the molecule is COc1[c]c(C#N)cc(Cl)c1. The highest BCUT2D eigenvalue weighted by molar-refractivity contribution is 6.30. The second-order valence-corrected chi connectivity index (χ2v) is 2.33. The highest BCUT2D eigenvalue weighted by Gasteiger charge is 1.98. The van der Waals surface area contributed by atoms with Crippen molar-refractivity contribution >= 4 is 11.6 Å². The molecule has 0 aromatic heterocycles. The zero-order valence-corrected chi connectivity index (χ0v) is 6.64. The lowest BCUT2D eigenvalue weighted by Gasteiger charge is -1.98. The topological polar surface area (TPSA) is 33.0 Å². The van der Waals surface area contributed by atoms with E-state index in [0.717, 1.165) is 0 Å². The molecule has 2 nitrogen and oxygen atoms in total. The van der Waals surface area contributed by atoms with Crippen molar-refractivity contribution < 1.29 is 4.74 Å². The van der Waals surface area contributed by atoms with Crippen LogP contribution in [0.25, 0.3) is 0 Å². The number of ether oxygens (including phenoxy) is 1. The van der Waals surface area contributed by atoms with Gasteiger partial charge in [-0.05, 0) is 12.1 Å². The Morgan fingerprint density at radius 2 is 2.36 bits per heavy atom. The highest BCUT2D eigenvalue weighted by atomic mass is 35.5. The van der Waals surface area contributed by atoms with Gasteiger partial charge in [-0.3, -0.25) is 0 Å². The maximum absolute atomic E-state index is 8.49. The van der Waals surface area contributed by atoms with Gasteiger partial charge in [0.05, 0.1) is 18.7 Å². The van der Waals surface area contributed by atoms with Crippen LogP contribution in [0, 0.1) is 17.4 Å². The molecule has 55 valence electrons. The number of benzene rings is 1. The molecule has 11 heavy (non-hydrogen) atoms. The molecule has 3 heteroatoms. The normalized spacial score (nSPS) is 8.82. The summed E-state index contributed by atoms with van der Waals surface area (Å²) >= 11 is 5.66. The second-order valence-electron chi connectivity index (χ2n) is 1.89. The van der Waals surface area contributed by atoms with Crippen molar-refractivity contribution in [2.45, 2.75) is 0 Å². The maximum Gasteiger partial charge on any atom is 0.129 e. The third-order valence-corrected chi connectivity index (χ3v) is 1.37. The van der Waals surface area contributed by atoms with Gasteiger partial charge in [-0.1, -0.05) is 11.6 Å². The summed E-state index contributed by atoms with van der Waals surface area (Å²) in [6.45, 7) is 0. The summed E-state index contributed by atoms with van der Waals surface area (Å²) in [4.78, 5) is 0. The van der Waals surface area contributed by atoms with Gasteiger partial charge in [-0.25, -0.2) is 0 Å². The Morgan fingerprint density at radius 1 is 1.64 bits per heavy atom. The Hall–Kier alpha value is -1.20. The Balaban J connectivity index is 3.15. The van der Waals surface area contributed by atoms with Gasteiger partial charge in [0.2, 0.25) is 0 Å². The molecule has 0 amide bonds. The Labute approximate surface area is 70.0 Å². The zero-order valence-electron chi connectivity index (χ0n) is 5.89. The van der Waals surface area contributed by atoms with Crippen molar-refractivity contribution in [2.75, 3.05) is 7.11 Å². The van der Waals surface area contributed by atoms with Crippen molar-refractivity contribution in [3.8, 4) is 11.8 Å². The van der Waals surface area contributed by atoms with E-state index in [1.54, 1.807) is 6.07 Å². The molecule has 0 heterocycles. The van der Waals surface area contributed by atoms with E-state index in [4.69, 9.17) is 21.6 Å². The van der Waals surface area contributed by atoms with E-state index < -0.39 is 0 Å². The third kappa shape index (κ3) is 1.86. The van der Waals surface area contributed by atoms with Crippen LogP contribution in [-0.4, -0.2) is 7.11 Å². The molecule has 0 saturated heterocycles.